The summed E-state index contributed by atoms with van der Waals surface area (Å²) in [7, 11) is 0. The monoisotopic (exact) mass is 199 g/mol. The van der Waals surface area contributed by atoms with Gasteiger partial charge in [0.15, 0.2) is 0 Å². The second kappa shape index (κ2) is 4.75. The molecule has 4 nitrogen and oxygen atoms in total. The molecule has 0 aliphatic carbocycles. The van der Waals surface area contributed by atoms with E-state index in [4.69, 9.17) is 5.73 Å². The molecule has 1 rings (SSSR count). The lowest BCUT2D eigenvalue weighted by atomic mass is 10.1. The zero-order chi connectivity index (χ0) is 10.7. The normalized spacial score (nSPS) is 26.3. The Morgan fingerprint density at radius 3 is 2.64 bits per heavy atom. The highest BCUT2D eigenvalue weighted by Crippen LogP contribution is 2.09. The predicted octanol–water partition coefficient (Wildman–Crippen LogP) is -0.114. The van der Waals surface area contributed by atoms with E-state index in [2.05, 4.69) is 18.7 Å². The van der Waals surface area contributed by atoms with Crippen LogP contribution in [0.25, 0.3) is 0 Å². The second-order valence-corrected chi connectivity index (χ2v) is 4.05. The SMILES string of the molecule is CCN1CCN(C(=O)[C@@H](C)N)CC1C. The van der Waals surface area contributed by atoms with Crippen LogP contribution < -0.4 is 5.73 Å². The molecule has 0 radical (unpaired) electrons. The maximum atomic E-state index is 11.6. The van der Waals surface area contributed by atoms with Crippen molar-refractivity contribution in [2.45, 2.75) is 32.9 Å². The molecule has 1 unspecified atom stereocenters. The minimum absolute atomic E-state index is 0.0765. The van der Waals surface area contributed by atoms with Gasteiger partial charge in [-0.25, -0.2) is 0 Å². The molecule has 0 bridgehead atoms. The summed E-state index contributed by atoms with van der Waals surface area (Å²) in [5, 5.41) is 0. The standard InChI is InChI=1S/C10H21N3O/c1-4-12-5-6-13(7-8(12)2)10(14)9(3)11/h8-9H,4-7,11H2,1-3H3/t8?,9-/m1/s1. The van der Waals surface area contributed by atoms with Gasteiger partial charge in [-0.05, 0) is 20.4 Å². The van der Waals surface area contributed by atoms with Crippen LogP contribution in [0.2, 0.25) is 0 Å². The number of rotatable bonds is 2. The van der Waals surface area contributed by atoms with Crippen molar-refractivity contribution in [3.05, 3.63) is 0 Å². The van der Waals surface area contributed by atoms with Crippen LogP contribution in [0.5, 0.6) is 0 Å². The highest BCUT2D eigenvalue weighted by molar-refractivity contribution is 5.81. The fourth-order valence-electron chi connectivity index (χ4n) is 1.95. The van der Waals surface area contributed by atoms with Gasteiger partial charge in [0.2, 0.25) is 5.91 Å². The number of piperazine rings is 1. The maximum absolute atomic E-state index is 11.6. The number of carbonyl (C=O) groups excluding carboxylic acids is 1. The first-order valence-corrected chi connectivity index (χ1v) is 5.34. The van der Waals surface area contributed by atoms with Crippen LogP contribution in [-0.4, -0.2) is 54.0 Å². The van der Waals surface area contributed by atoms with Crippen molar-refractivity contribution < 1.29 is 4.79 Å². The number of hydrogen-bond acceptors (Lipinski definition) is 3. The molecule has 1 fully saturated rings. The van der Waals surface area contributed by atoms with Crippen molar-refractivity contribution in [2.75, 3.05) is 26.2 Å². The van der Waals surface area contributed by atoms with Gasteiger partial charge in [0.1, 0.15) is 0 Å². The molecule has 1 heterocycles. The van der Waals surface area contributed by atoms with E-state index >= 15 is 0 Å². The highest BCUT2D eigenvalue weighted by atomic mass is 16.2. The zero-order valence-corrected chi connectivity index (χ0v) is 9.36. The topological polar surface area (TPSA) is 49.6 Å². The number of hydrogen-bond donors (Lipinski definition) is 1. The molecular weight excluding hydrogens is 178 g/mol. The van der Waals surface area contributed by atoms with Gasteiger partial charge in [-0.15, -0.1) is 0 Å². The van der Waals surface area contributed by atoms with Crippen molar-refractivity contribution in [1.82, 2.24) is 9.80 Å². The quantitative estimate of drug-likeness (QED) is 0.675. The summed E-state index contributed by atoms with van der Waals surface area (Å²) in [5.74, 6) is 0.0765. The molecule has 1 saturated heterocycles. The molecule has 1 amide bonds. The fraction of sp³-hybridized carbons (Fsp3) is 0.900. The van der Waals surface area contributed by atoms with E-state index in [1.54, 1.807) is 6.92 Å². The van der Waals surface area contributed by atoms with Crippen molar-refractivity contribution in [2.24, 2.45) is 5.73 Å². The van der Waals surface area contributed by atoms with Crippen LogP contribution in [0.3, 0.4) is 0 Å². The lowest BCUT2D eigenvalue weighted by Gasteiger charge is -2.39. The summed E-state index contributed by atoms with van der Waals surface area (Å²) in [6.45, 7) is 9.72. The molecular formula is C10H21N3O. The summed E-state index contributed by atoms with van der Waals surface area (Å²) < 4.78 is 0. The van der Waals surface area contributed by atoms with Crippen molar-refractivity contribution in [3.63, 3.8) is 0 Å². The molecule has 0 aromatic carbocycles. The molecule has 0 spiro atoms. The smallest absolute Gasteiger partial charge is 0.239 e. The van der Waals surface area contributed by atoms with E-state index in [1.807, 2.05) is 4.90 Å². The summed E-state index contributed by atoms with van der Waals surface area (Å²) in [6.07, 6.45) is 0. The van der Waals surface area contributed by atoms with Gasteiger partial charge in [-0.1, -0.05) is 6.92 Å². The van der Waals surface area contributed by atoms with Crippen LogP contribution in [0.4, 0.5) is 0 Å². The molecule has 82 valence electrons. The minimum atomic E-state index is -0.365. The first-order valence-electron chi connectivity index (χ1n) is 5.34. The summed E-state index contributed by atoms with van der Waals surface area (Å²) >= 11 is 0. The highest BCUT2D eigenvalue weighted by Gasteiger charge is 2.26. The van der Waals surface area contributed by atoms with Gasteiger partial charge < -0.3 is 10.6 Å². The van der Waals surface area contributed by atoms with Gasteiger partial charge >= 0.3 is 0 Å². The van der Waals surface area contributed by atoms with Crippen LogP contribution in [0.1, 0.15) is 20.8 Å². The Morgan fingerprint density at radius 2 is 2.21 bits per heavy atom. The van der Waals surface area contributed by atoms with Gasteiger partial charge in [-0.2, -0.15) is 0 Å². The first-order chi connectivity index (χ1) is 6.56. The van der Waals surface area contributed by atoms with Crippen LogP contribution >= 0.6 is 0 Å². The number of likely N-dealkylation sites (N-methyl/N-ethyl adjacent to an activating group) is 1. The van der Waals surface area contributed by atoms with Gasteiger partial charge in [0.25, 0.3) is 0 Å². The maximum Gasteiger partial charge on any atom is 0.239 e. The van der Waals surface area contributed by atoms with E-state index in [0.29, 0.717) is 6.04 Å². The summed E-state index contributed by atoms with van der Waals surface area (Å²) in [4.78, 5) is 15.9. The van der Waals surface area contributed by atoms with Crippen molar-refractivity contribution in [1.29, 1.82) is 0 Å². The zero-order valence-electron chi connectivity index (χ0n) is 9.36. The van der Waals surface area contributed by atoms with Crippen molar-refractivity contribution in [3.8, 4) is 0 Å². The second-order valence-electron chi connectivity index (χ2n) is 4.05. The first kappa shape index (κ1) is 11.5. The van der Waals surface area contributed by atoms with Crippen molar-refractivity contribution >= 4 is 5.91 Å². The third kappa shape index (κ3) is 2.45. The Hall–Kier alpha value is -0.610. The minimum Gasteiger partial charge on any atom is -0.339 e. The molecule has 0 aromatic heterocycles. The van der Waals surface area contributed by atoms with Crippen LogP contribution in [-0.2, 0) is 4.79 Å². The lowest BCUT2D eigenvalue weighted by molar-refractivity contribution is -0.135. The Labute approximate surface area is 86.0 Å². The molecule has 14 heavy (non-hydrogen) atoms. The third-order valence-electron chi connectivity index (χ3n) is 2.87. The van der Waals surface area contributed by atoms with Gasteiger partial charge in [-0.3, -0.25) is 9.69 Å². The van der Waals surface area contributed by atoms with Crippen LogP contribution in [0.15, 0.2) is 0 Å². The molecule has 2 N–H and O–H groups in total. The number of nitrogens with zero attached hydrogens (tertiary/aromatic N) is 2. The third-order valence-corrected chi connectivity index (χ3v) is 2.87. The van der Waals surface area contributed by atoms with Gasteiger partial charge in [0.05, 0.1) is 6.04 Å². The lowest BCUT2D eigenvalue weighted by Crippen LogP contribution is -2.56. The Balaban J connectivity index is 2.50. The number of amides is 1. The summed E-state index contributed by atoms with van der Waals surface area (Å²) in [5.41, 5.74) is 5.57. The van der Waals surface area contributed by atoms with Gasteiger partial charge in [0, 0.05) is 25.7 Å². The molecule has 4 heteroatoms. The molecule has 1 aliphatic heterocycles. The Kier molecular flexibility index (Phi) is 3.89. The largest absolute Gasteiger partial charge is 0.339 e. The average molecular weight is 199 g/mol. The predicted molar refractivity (Wildman–Crippen MR) is 56.9 cm³/mol. The van der Waals surface area contributed by atoms with E-state index in [0.717, 1.165) is 26.2 Å². The molecule has 2 atom stereocenters. The Bertz CT molecular complexity index is 206. The van der Waals surface area contributed by atoms with Crippen LogP contribution in [0, 0.1) is 0 Å². The average Bonchev–Trinajstić information content (AvgIpc) is 2.16. The Morgan fingerprint density at radius 1 is 1.57 bits per heavy atom. The van der Waals surface area contributed by atoms with E-state index < -0.39 is 0 Å². The summed E-state index contributed by atoms with van der Waals surface area (Å²) in [6, 6.07) is 0.0897. The molecule has 0 saturated carbocycles. The molecule has 0 aromatic rings. The fourth-order valence-corrected chi connectivity index (χ4v) is 1.95. The van der Waals surface area contributed by atoms with E-state index in [9.17, 15) is 4.79 Å². The van der Waals surface area contributed by atoms with E-state index in [1.165, 1.54) is 0 Å². The number of carbonyl (C=O) groups is 1. The molecule has 1 aliphatic rings. The van der Waals surface area contributed by atoms with E-state index in [-0.39, 0.29) is 11.9 Å². The number of nitrogens with two attached hydrogens (primary N) is 1.